The van der Waals surface area contributed by atoms with E-state index in [0.29, 0.717) is 20.0 Å². The molecule has 0 amide bonds. The molecular weight excluding hydrogens is 370 g/mol. The first-order chi connectivity index (χ1) is 8.49. The Morgan fingerprint density at radius 1 is 1.50 bits per heavy atom. The average Bonchev–Trinajstić information content (AvgIpc) is 2.32. The molecule has 0 N–H and O–H groups in total. The summed E-state index contributed by atoms with van der Waals surface area (Å²) in [5, 5.41) is 0.306. The number of benzene rings is 1. The molecule has 0 unspecified atom stereocenters. The lowest BCUT2D eigenvalue weighted by atomic mass is 10.2. The van der Waals surface area contributed by atoms with Crippen LogP contribution in [0.3, 0.4) is 0 Å². The molecule has 1 aromatic heterocycles. The third-order valence-electron chi connectivity index (χ3n) is 2.55. The maximum atomic E-state index is 12.9. The van der Waals surface area contributed by atoms with Crippen molar-refractivity contribution in [2.24, 2.45) is 0 Å². The number of hydrogen-bond donors (Lipinski definition) is 0. The largest absolute Gasteiger partial charge is 0.291 e. The first kappa shape index (κ1) is 13.5. The van der Waals surface area contributed by atoms with Gasteiger partial charge in [-0.15, -0.1) is 0 Å². The van der Waals surface area contributed by atoms with Crippen LogP contribution in [0.4, 0.5) is 4.39 Å². The quantitative estimate of drug-likeness (QED) is 0.753. The van der Waals surface area contributed by atoms with Gasteiger partial charge < -0.3 is 0 Å². The number of aryl methyl sites for hydroxylation is 1. The highest BCUT2D eigenvalue weighted by atomic mass is 127. The monoisotopic (exact) mass is 378 g/mol. The van der Waals surface area contributed by atoms with Crippen molar-refractivity contribution in [2.45, 2.75) is 13.5 Å². The molecule has 0 aliphatic rings. The zero-order valence-electron chi connectivity index (χ0n) is 9.45. The summed E-state index contributed by atoms with van der Waals surface area (Å²) in [6, 6.07) is 4.13. The van der Waals surface area contributed by atoms with Gasteiger partial charge in [-0.2, -0.15) is 0 Å². The van der Waals surface area contributed by atoms with E-state index in [1.807, 2.05) is 22.6 Å². The van der Waals surface area contributed by atoms with Gasteiger partial charge in [0.25, 0.3) is 5.56 Å². The molecule has 0 atom stereocenters. The third-order valence-corrected chi connectivity index (χ3v) is 3.64. The summed E-state index contributed by atoms with van der Waals surface area (Å²) in [5.41, 5.74) is 0.565. The fraction of sp³-hybridized carbons (Fsp3) is 0.167. The van der Waals surface area contributed by atoms with Gasteiger partial charge in [-0.1, -0.05) is 17.7 Å². The Labute approximate surface area is 122 Å². The Kier molecular flexibility index (Phi) is 4.01. The molecule has 6 heteroatoms. The van der Waals surface area contributed by atoms with Crippen molar-refractivity contribution in [1.82, 2.24) is 9.55 Å². The SMILES string of the molecule is Cc1ncc(I)c(=O)n1Cc1ccc(F)cc1Cl. The predicted molar refractivity (Wildman–Crippen MR) is 76.5 cm³/mol. The van der Waals surface area contributed by atoms with Gasteiger partial charge >= 0.3 is 0 Å². The Bertz CT molecular complexity index is 657. The first-order valence-electron chi connectivity index (χ1n) is 5.15. The molecule has 1 aromatic carbocycles. The van der Waals surface area contributed by atoms with Gasteiger partial charge in [0.05, 0.1) is 10.1 Å². The van der Waals surface area contributed by atoms with Gasteiger partial charge in [-0.3, -0.25) is 9.36 Å². The molecule has 2 aromatic rings. The van der Waals surface area contributed by atoms with Gasteiger partial charge in [-0.25, -0.2) is 9.37 Å². The summed E-state index contributed by atoms with van der Waals surface area (Å²) >= 11 is 7.88. The Morgan fingerprint density at radius 2 is 2.22 bits per heavy atom. The van der Waals surface area contributed by atoms with Crippen molar-refractivity contribution in [3.05, 3.63) is 60.5 Å². The summed E-state index contributed by atoms with van der Waals surface area (Å²) in [6.45, 7) is 2.03. The van der Waals surface area contributed by atoms with Crippen LogP contribution >= 0.6 is 34.2 Å². The second-order valence-electron chi connectivity index (χ2n) is 3.78. The molecule has 0 saturated carbocycles. The fourth-order valence-electron chi connectivity index (χ4n) is 1.56. The molecule has 94 valence electrons. The molecule has 0 spiro atoms. The lowest BCUT2D eigenvalue weighted by Crippen LogP contribution is -2.26. The van der Waals surface area contributed by atoms with Gasteiger partial charge in [0.2, 0.25) is 0 Å². The van der Waals surface area contributed by atoms with E-state index in [-0.39, 0.29) is 12.1 Å². The van der Waals surface area contributed by atoms with Crippen LogP contribution in [-0.2, 0) is 6.54 Å². The normalized spacial score (nSPS) is 10.7. The van der Waals surface area contributed by atoms with E-state index in [0.717, 1.165) is 0 Å². The van der Waals surface area contributed by atoms with E-state index in [9.17, 15) is 9.18 Å². The van der Waals surface area contributed by atoms with Crippen molar-refractivity contribution in [1.29, 1.82) is 0 Å². The van der Waals surface area contributed by atoms with Crippen molar-refractivity contribution in [3.63, 3.8) is 0 Å². The van der Waals surface area contributed by atoms with Gasteiger partial charge in [0.1, 0.15) is 11.6 Å². The zero-order valence-corrected chi connectivity index (χ0v) is 12.4. The number of nitrogens with zero attached hydrogens (tertiary/aromatic N) is 2. The molecule has 0 bridgehead atoms. The predicted octanol–water partition coefficient (Wildman–Crippen LogP) is 3.00. The summed E-state index contributed by atoms with van der Waals surface area (Å²) in [7, 11) is 0. The van der Waals surface area contributed by atoms with Crippen LogP contribution in [0.15, 0.2) is 29.2 Å². The molecule has 18 heavy (non-hydrogen) atoms. The summed E-state index contributed by atoms with van der Waals surface area (Å²) in [4.78, 5) is 16.1. The van der Waals surface area contributed by atoms with Crippen LogP contribution in [0, 0.1) is 16.3 Å². The highest BCUT2D eigenvalue weighted by Gasteiger charge is 2.08. The smallest absolute Gasteiger partial charge is 0.267 e. The van der Waals surface area contributed by atoms with Crippen molar-refractivity contribution in [2.75, 3.05) is 0 Å². The van der Waals surface area contributed by atoms with Crippen molar-refractivity contribution in [3.8, 4) is 0 Å². The van der Waals surface area contributed by atoms with Gasteiger partial charge in [0, 0.05) is 11.2 Å². The minimum Gasteiger partial charge on any atom is -0.291 e. The average molecular weight is 379 g/mol. The molecule has 0 radical (unpaired) electrons. The Morgan fingerprint density at radius 3 is 2.89 bits per heavy atom. The molecule has 0 fully saturated rings. The van der Waals surface area contributed by atoms with Gasteiger partial charge in [-0.05, 0) is 47.2 Å². The summed E-state index contributed by atoms with van der Waals surface area (Å²) in [6.07, 6.45) is 1.53. The van der Waals surface area contributed by atoms with Crippen LogP contribution in [0.25, 0.3) is 0 Å². The van der Waals surface area contributed by atoms with Crippen LogP contribution in [0.2, 0.25) is 5.02 Å². The number of aromatic nitrogens is 2. The molecule has 2 rings (SSSR count). The van der Waals surface area contributed by atoms with Crippen LogP contribution in [0.1, 0.15) is 11.4 Å². The molecule has 0 aliphatic carbocycles. The molecule has 0 saturated heterocycles. The lowest BCUT2D eigenvalue weighted by Gasteiger charge is -2.10. The van der Waals surface area contributed by atoms with Crippen LogP contribution in [-0.4, -0.2) is 9.55 Å². The number of rotatable bonds is 2. The molecule has 0 aliphatic heterocycles. The minimum atomic E-state index is -0.395. The molecule has 3 nitrogen and oxygen atoms in total. The molecular formula is C12H9ClFIN2O. The number of halogens is 3. The summed E-state index contributed by atoms with van der Waals surface area (Å²) in [5.74, 6) is 0.203. The van der Waals surface area contributed by atoms with E-state index < -0.39 is 5.82 Å². The summed E-state index contributed by atoms with van der Waals surface area (Å²) < 4.78 is 15.0. The zero-order chi connectivity index (χ0) is 13.3. The second kappa shape index (κ2) is 5.36. The van der Waals surface area contributed by atoms with E-state index in [4.69, 9.17) is 11.6 Å². The van der Waals surface area contributed by atoms with Crippen molar-refractivity contribution >= 4 is 34.2 Å². The minimum absolute atomic E-state index is 0.122. The standard InChI is InChI=1S/C12H9ClFIN2O/c1-7-16-5-11(15)12(18)17(7)6-8-2-3-9(14)4-10(8)13/h2-5H,6H2,1H3. The van der Waals surface area contributed by atoms with E-state index in [2.05, 4.69) is 4.98 Å². The maximum Gasteiger partial charge on any atom is 0.267 e. The molecule has 1 heterocycles. The maximum absolute atomic E-state index is 12.9. The van der Waals surface area contributed by atoms with E-state index >= 15 is 0 Å². The fourth-order valence-corrected chi connectivity index (χ4v) is 2.21. The van der Waals surface area contributed by atoms with Gasteiger partial charge in [0.15, 0.2) is 0 Å². The van der Waals surface area contributed by atoms with Crippen LogP contribution in [0.5, 0.6) is 0 Å². The lowest BCUT2D eigenvalue weighted by molar-refractivity contribution is 0.625. The van der Waals surface area contributed by atoms with E-state index in [1.165, 1.54) is 22.9 Å². The topological polar surface area (TPSA) is 34.9 Å². The van der Waals surface area contributed by atoms with E-state index in [1.54, 1.807) is 13.0 Å². The highest BCUT2D eigenvalue weighted by Crippen LogP contribution is 2.18. The highest BCUT2D eigenvalue weighted by molar-refractivity contribution is 14.1. The van der Waals surface area contributed by atoms with Crippen molar-refractivity contribution < 1.29 is 4.39 Å². The first-order valence-corrected chi connectivity index (χ1v) is 6.60. The Balaban J connectivity index is 2.46. The Hall–Kier alpha value is -0.950. The second-order valence-corrected chi connectivity index (χ2v) is 5.35. The third kappa shape index (κ3) is 2.72. The van der Waals surface area contributed by atoms with Crippen LogP contribution < -0.4 is 5.56 Å². The number of hydrogen-bond acceptors (Lipinski definition) is 2.